The number of pyridine rings is 1. The lowest BCUT2D eigenvalue weighted by Gasteiger charge is -2.19. The van der Waals surface area contributed by atoms with Crippen LogP contribution in [0.1, 0.15) is 51.1 Å². The molecule has 0 fully saturated rings. The Balaban J connectivity index is 2.53. The number of thiazole rings is 1. The average molecular weight is 260 g/mol. The molecule has 96 valence electrons. The van der Waals surface area contributed by atoms with Gasteiger partial charge in [-0.1, -0.05) is 34.6 Å². The van der Waals surface area contributed by atoms with Crippen molar-refractivity contribution < 1.29 is 0 Å². The highest BCUT2D eigenvalue weighted by atomic mass is 32.1. The highest BCUT2D eigenvalue weighted by molar-refractivity contribution is 7.15. The fourth-order valence-electron chi connectivity index (χ4n) is 1.88. The van der Waals surface area contributed by atoms with Gasteiger partial charge in [0.25, 0.3) is 0 Å². The van der Waals surface area contributed by atoms with Crippen LogP contribution in [0.2, 0.25) is 0 Å². The molecule has 2 nitrogen and oxygen atoms in total. The van der Waals surface area contributed by atoms with Crippen LogP contribution in [-0.2, 0) is 5.41 Å². The first-order valence-corrected chi connectivity index (χ1v) is 7.13. The Morgan fingerprint density at radius 1 is 1.11 bits per heavy atom. The summed E-state index contributed by atoms with van der Waals surface area (Å²) in [6, 6.07) is 4.05. The van der Waals surface area contributed by atoms with E-state index in [1.807, 2.05) is 35.9 Å². The van der Waals surface area contributed by atoms with E-state index >= 15 is 0 Å². The van der Waals surface area contributed by atoms with Gasteiger partial charge in [0.15, 0.2) is 0 Å². The van der Waals surface area contributed by atoms with Gasteiger partial charge in [-0.05, 0) is 23.5 Å². The largest absolute Gasteiger partial charge is 0.265 e. The fourth-order valence-corrected chi connectivity index (χ4v) is 3.16. The van der Waals surface area contributed by atoms with Gasteiger partial charge in [-0.15, -0.1) is 11.3 Å². The van der Waals surface area contributed by atoms with Crippen molar-refractivity contribution in [2.45, 2.75) is 46.0 Å². The molecule has 3 heteroatoms. The van der Waals surface area contributed by atoms with Crippen molar-refractivity contribution >= 4 is 11.3 Å². The van der Waals surface area contributed by atoms with Crippen molar-refractivity contribution in [2.75, 3.05) is 0 Å². The van der Waals surface area contributed by atoms with Gasteiger partial charge in [0.05, 0.1) is 5.69 Å². The molecule has 0 aromatic carbocycles. The SMILES string of the molecule is CC(C)c1nc(-c2ccncc2)sc1C(C)(C)C. The van der Waals surface area contributed by atoms with E-state index in [4.69, 9.17) is 4.98 Å². The Labute approximate surface area is 113 Å². The highest BCUT2D eigenvalue weighted by Crippen LogP contribution is 2.38. The molecular weight excluding hydrogens is 240 g/mol. The number of hydrogen-bond donors (Lipinski definition) is 0. The molecule has 2 aromatic heterocycles. The van der Waals surface area contributed by atoms with E-state index in [9.17, 15) is 0 Å². The summed E-state index contributed by atoms with van der Waals surface area (Å²) in [5.41, 5.74) is 2.55. The smallest absolute Gasteiger partial charge is 0.124 e. The minimum Gasteiger partial charge on any atom is -0.265 e. The molecule has 0 atom stereocenters. The molecule has 0 saturated heterocycles. The van der Waals surface area contributed by atoms with Crippen LogP contribution in [0.5, 0.6) is 0 Å². The second-order valence-corrected chi connectivity index (χ2v) is 6.87. The Hall–Kier alpha value is -1.22. The quantitative estimate of drug-likeness (QED) is 0.787. The van der Waals surface area contributed by atoms with E-state index in [-0.39, 0.29) is 5.41 Å². The standard InChI is InChI=1S/C15H20N2S/c1-10(2)12-13(15(3,4)5)18-14(17-12)11-6-8-16-9-7-11/h6-10H,1-5H3. The fraction of sp³-hybridized carbons (Fsp3) is 0.467. The van der Waals surface area contributed by atoms with Crippen molar-refractivity contribution in [3.05, 3.63) is 35.1 Å². The summed E-state index contributed by atoms with van der Waals surface area (Å²) in [6.07, 6.45) is 3.64. The molecular formula is C15H20N2S. The zero-order valence-electron chi connectivity index (χ0n) is 11.7. The van der Waals surface area contributed by atoms with E-state index in [1.165, 1.54) is 10.6 Å². The molecule has 18 heavy (non-hydrogen) atoms. The van der Waals surface area contributed by atoms with Crippen molar-refractivity contribution in [3.63, 3.8) is 0 Å². The summed E-state index contributed by atoms with van der Waals surface area (Å²) < 4.78 is 0. The van der Waals surface area contributed by atoms with Gasteiger partial charge < -0.3 is 0 Å². The lowest BCUT2D eigenvalue weighted by molar-refractivity contribution is 0.587. The molecule has 0 radical (unpaired) electrons. The predicted molar refractivity (Wildman–Crippen MR) is 78.1 cm³/mol. The summed E-state index contributed by atoms with van der Waals surface area (Å²) in [7, 11) is 0. The third-order valence-corrected chi connectivity index (χ3v) is 4.35. The van der Waals surface area contributed by atoms with Gasteiger partial charge >= 0.3 is 0 Å². The molecule has 2 heterocycles. The van der Waals surface area contributed by atoms with Crippen LogP contribution in [0.25, 0.3) is 10.6 Å². The number of hydrogen-bond acceptors (Lipinski definition) is 3. The van der Waals surface area contributed by atoms with Crippen molar-refractivity contribution in [1.29, 1.82) is 0 Å². The van der Waals surface area contributed by atoms with Crippen molar-refractivity contribution in [1.82, 2.24) is 9.97 Å². The van der Waals surface area contributed by atoms with Crippen LogP contribution >= 0.6 is 11.3 Å². The highest BCUT2D eigenvalue weighted by Gasteiger charge is 2.24. The third kappa shape index (κ3) is 2.61. The van der Waals surface area contributed by atoms with Crippen LogP contribution < -0.4 is 0 Å². The molecule has 0 aliphatic heterocycles. The Morgan fingerprint density at radius 3 is 2.17 bits per heavy atom. The Kier molecular flexibility index (Phi) is 3.53. The minimum absolute atomic E-state index is 0.155. The Bertz CT molecular complexity index is 521. The van der Waals surface area contributed by atoms with E-state index in [0.717, 1.165) is 10.6 Å². The molecule has 0 amide bonds. The monoisotopic (exact) mass is 260 g/mol. The van der Waals surface area contributed by atoms with Crippen LogP contribution in [0.15, 0.2) is 24.5 Å². The maximum Gasteiger partial charge on any atom is 0.124 e. The van der Waals surface area contributed by atoms with Gasteiger partial charge in [0.2, 0.25) is 0 Å². The minimum atomic E-state index is 0.155. The Morgan fingerprint density at radius 2 is 1.72 bits per heavy atom. The van der Waals surface area contributed by atoms with E-state index in [1.54, 1.807) is 0 Å². The van der Waals surface area contributed by atoms with Gasteiger partial charge in [0.1, 0.15) is 5.01 Å². The van der Waals surface area contributed by atoms with Gasteiger partial charge in [0, 0.05) is 22.8 Å². The predicted octanol–water partition coefficient (Wildman–Crippen LogP) is 4.63. The summed E-state index contributed by atoms with van der Waals surface area (Å²) in [6.45, 7) is 11.2. The number of aromatic nitrogens is 2. The zero-order chi connectivity index (χ0) is 13.3. The molecule has 0 saturated carbocycles. The lowest BCUT2D eigenvalue weighted by Crippen LogP contribution is -2.12. The van der Waals surface area contributed by atoms with E-state index < -0.39 is 0 Å². The summed E-state index contributed by atoms with van der Waals surface area (Å²) in [5, 5.41) is 1.10. The summed E-state index contributed by atoms with van der Waals surface area (Å²) in [5.74, 6) is 0.464. The molecule has 0 aliphatic rings. The molecule has 0 bridgehead atoms. The molecule has 0 spiro atoms. The van der Waals surface area contributed by atoms with Crippen molar-refractivity contribution in [2.24, 2.45) is 0 Å². The number of rotatable bonds is 2. The zero-order valence-corrected chi connectivity index (χ0v) is 12.5. The average Bonchev–Trinajstić information content (AvgIpc) is 2.74. The van der Waals surface area contributed by atoms with Gasteiger partial charge in [-0.3, -0.25) is 4.98 Å². The van der Waals surface area contributed by atoms with Crippen LogP contribution in [0.3, 0.4) is 0 Å². The third-order valence-electron chi connectivity index (χ3n) is 2.81. The topological polar surface area (TPSA) is 25.8 Å². The molecule has 0 N–H and O–H groups in total. The van der Waals surface area contributed by atoms with E-state index in [0.29, 0.717) is 5.92 Å². The summed E-state index contributed by atoms with van der Waals surface area (Å²) in [4.78, 5) is 10.3. The first-order valence-electron chi connectivity index (χ1n) is 6.31. The number of nitrogens with zero attached hydrogens (tertiary/aromatic N) is 2. The second-order valence-electron chi connectivity index (χ2n) is 5.87. The van der Waals surface area contributed by atoms with Gasteiger partial charge in [-0.25, -0.2) is 4.98 Å². The molecule has 2 aromatic rings. The lowest BCUT2D eigenvalue weighted by atomic mass is 9.90. The van der Waals surface area contributed by atoms with Crippen molar-refractivity contribution in [3.8, 4) is 10.6 Å². The van der Waals surface area contributed by atoms with Crippen LogP contribution in [0, 0.1) is 0 Å². The first-order chi connectivity index (χ1) is 8.39. The van der Waals surface area contributed by atoms with Gasteiger partial charge in [-0.2, -0.15) is 0 Å². The first kappa shape index (κ1) is 13.2. The molecule has 0 aliphatic carbocycles. The van der Waals surface area contributed by atoms with Crippen LogP contribution in [-0.4, -0.2) is 9.97 Å². The van der Waals surface area contributed by atoms with E-state index in [2.05, 4.69) is 39.6 Å². The second kappa shape index (κ2) is 4.81. The molecule has 0 unspecified atom stereocenters. The van der Waals surface area contributed by atoms with Crippen LogP contribution in [0.4, 0.5) is 0 Å². The molecule has 2 rings (SSSR count). The maximum atomic E-state index is 4.84. The maximum absolute atomic E-state index is 4.84. The normalized spacial score (nSPS) is 12.1. The summed E-state index contributed by atoms with van der Waals surface area (Å²) >= 11 is 1.81.